The van der Waals surface area contributed by atoms with Crippen molar-refractivity contribution in [1.29, 1.82) is 0 Å². The quantitative estimate of drug-likeness (QED) is 0.781. The first-order valence-corrected chi connectivity index (χ1v) is 8.27. The summed E-state index contributed by atoms with van der Waals surface area (Å²) in [6.45, 7) is 7.04. The molecule has 120 valence electrons. The highest BCUT2D eigenvalue weighted by Gasteiger charge is 2.06. The summed E-state index contributed by atoms with van der Waals surface area (Å²) in [6.07, 6.45) is 0. The molecule has 24 heavy (non-hydrogen) atoms. The van der Waals surface area contributed by atoms with Crippen molar-refractivity contribution in [2.45, 2.75) is 13.8 Å². The lowest BCUT2D eigenvalue weighted by atomic mass is 10.2. The molecule has 0 radical (unpaired) electrons. The molecule has 1 heterocycles. The molecule has 0 N–H and O–H groups in total. The van der Waals surface area contributed by atoms with Crippen LogP contribution in [0.3, 0.4) is 0 Å². The molecule has 0 fully saturated rings. The van der Waals surface area contributed by atoms with E-state index in [9.17, 15) is 0 Å². The molecule has 2 aromatic carbocycles. The van der Waals surface area contributed by atoms with Crippen LogP contribution in [0.4, 0.5) is 11.4 Å². The fourth-order valence-corrected chi connectivity index (χ4v) is 2.59. The van der Waals surface area contributed by atoms with E-state index in [4.69, 9.17) is 0 Å². The van der Waals surface area contributed by atoms with Gasteiger partial charge in [0.05, 0.1) is 26.2 Å². The highest BCUT2D eigenvalue weighted by atomic mass is 15.1. The standard InChI is InChI=1S/C22H22N2/c1-19-7-11-21(12-8-19)23-15-3-5-17-24(18-6-4-16-23)22-13-9-20(2)10-14-22/h7-14H,15-18H2,1-2H3. The molecule has 2 heteroatoms. The smallest absolute Gasteiger partial charge is 0.0804 e. The minimum Gasteiger partial charge on any atom is -0.349 e. The third-order valence-electron chi connectivity index (χ3n) is 4.13. The molecular formula is C22H22N2. The van der Waals surface area contributed by atoms with E-state index in [-0.39, 0.29) is 0 Å². The van der Waals surface area contributed by atoms with Crippen molar-refractivity contribution in [1.82, 2.24) is 0 Å². The molecule has 3 rings (SSSR count). The third kappa shape index (κ3) is 4.12. The lowest BCUT2D eigenvalue weighted by Crippen LogP contribution is -2.27. The monoisotopic (exact) mass is 314 g/mol. The van der Waals surface area contributed by atoms with Gasteiger partial charge in [-0.2, -0.15) is 0 Å². The summed E-state index contributed by atoms with van der Waals surface area (Å²) in [5, 5.41) is 0. The number of hydrogen-bond acceptors (Lipinski definition) is 2. The molecule has 0 amide bonds. The van der Waals surface area contributed by atoms with Crippen LogP contribution >= 0.6 is 0 Å². The van der Waals surface area contributed by atoms with Crippen LogP contribution in [-0.2, 0) is 0 Å². The molecule has 0 aliphatic carbocycles. The van der Waals surface area contributed by atoms with E-state index in [2.05, 4.69) is 95.9 Å². The van der Waals surface area contributed by atoms with Crippen LogP contribution in [0.2, 0.25) is 0 Å². The van der Waals surface area contributed by atoms with Crippen LogP contribution in [0.25, 0.3) is 0 Å². The lowest BCUT2D eigenvalue weighted by molar-refractivity contribution is 0.956. The molecule has 2 aromatic rings. The van der Waals surface area contributed by atoms with Crippen LogP contribution in [0.5, 0.6) is 0 Å². The van der Waals surface area contributed by atoms with Crippen molar-refractivity contribution in [2.75, 3.05) is 36.0 Å². The van der Waals surface area contributed by atoms with E-state index in [0.29, 0.717) is 26.2 Å². The van der Waals surface area contributed by atoms with E-state index in [1.165, 1.54) is 22.5 Å². The van der Waals surface area contributed by atoms with Crippen LogP contribution in [0.15, 0.2) is 48.5 Å². The second-order valence-corrected chi connectivity index (χ2v) is 6.09. The minimum absolute atomic E-state index is 0.708. The molecule has 0 saturated carbocycles. The molecule has 0 saturated heterocycles. The van der Waals surface area contributed by atoms with Gasteiger partial charge < -0.3 is 9.80 Å². The number of aryl methyl sites for hydroxylation is 2. The van der Waals surface area contributed by atoms with Gasteiger partial charge in [-0.05, 0) is 38.1 Å². The maximum absolute atomic E-state index is 3.30. The normalized spacial score (nSPS) is 14.2. The average Bonchev–Trinajstić information content (AvgIpc) is 2.61. The van der Waals surface area contributed by atoms with Gasteiger partial charge in [0.25, 0.3) is 0 Å². The van der Waals surface area contributed by atoms with Gasteiger partial charge in [0.15, 0.2) is 0 Å². The Morgan fingerprint density at radius 1 is 0.542 bits per heavy atom. The van der Waals surface area contributed by atoms with Crippen molar-refractivity contribution in [3.8, 4) is 23.7 Å². The summed E-state index contributed by atoms with van der Waals surface area (Å²) in [5.41, 5.74) is 4.90. The minimum atomic E-state index is 0.708. The number of hydrogen-bond donors (Lipinski definition) is 0. The van der Waals surface area contributed by atoms with E-state index in [1.54, 1.807) is 0 Å². The largest absolute Gasteiger partial charge is 0.349 e. The van der Waals surface area contributed by atoms with Gasteiger partial charge in [0, 0.05) is 11.4 Å². The molecular weight excluding hydrogens is 292 g/mol. The first-order chi connectivity index (χ1) is 11.7. The maximum Gasteiger partial charge on any atom is 0.0804 e. The predicted octanol–water partition coefficient (Wildman–Crippen LogP) is 3.64. The highest BCUT2D eigenvalue weighted by Crippen LogP contribution is 2.16. The van der Waals surface area contributed by atoms with Gasteiger partial charge in [-0.1, -0.05) is 59.1 Å². The Balaban J connectivity index is 1.73. The number of benzene rings is 2. The average molecular weight is 314 g/mol. The first kappa shape index (κ1) is 16.0. The third-order valence-corrected chi connectivity index (χ3v) is 4.13. The molecule has 1 aliphatic rings. The van der Waals surface area contributed by atoms with E-state index < -0.39 is 0 Å². The lowest BCUT2D eigenvalue weighted by Gasteiger charge is -2.22. The summed E-state index contributed by atoms with van der Waals surface area (Å²) >= 11 is 0. The predicted molar refractivity (Wildman–Crippen MR) is 102 cm³/mol. The van der Waals surface area contributed by atoms with Crippen LogP contribution in [0.1, 0.15) is 11.1 Å². The zero-order valence-electron chi connectivity index (χ0n) is 14.3. The fourth-order valence-electron chi connectivity index (χ4n) is 2.59. The van der Waals surface area contributed by atoms with Crippen molar-refractivity contribution in [3.63, 3.8) is 0 Å². The van der Waals surface area contributed by atoms with Gasteiger partial charge >= 0.3 is 0 Å². The SMILES string of the molecule is Cc1ccc(N2CC#CCN(c3ccc(C)cc3)CC#CC2)cc1. The molecule has 0 spiro atoms. The first-order valence-electron chi connectivity index (χ1n) is 8.27. The van der Waals surface area contributed by atoms with Crippen molar-refractivity contribution < 1.29 is 0 Å². The second kappa shape index (κ2) is 7.62. The highest BCUT2D eigenvalue weighted by molar-refractivity contribution is 5.52. The molecule has 0 bridgehead atoms. The Bertz CT molecular complexity index is 704. The van der Waals surface area contributed by atoms with Crippen molar-refractivity contribution >= 4 is 11.4 Å². The van der Waals surface area contributed by atoms with E-state index >= 15 is 0 Å². The second-order valence-electron chi connectivity index (χ2n) is 6.09. The summed E-state index contributed by atoms with van der Waals surface area (Å²) in [6, 6.07) is 17.1. The number of nitrogens with zero attached hydrogens (tertiary/aromatic N) is 2. The van der Waals surface area contributed by atoms with Crippen LogP contribution in [-0.4, -0.2) is 26.2 Å². The Hall–Kier alpha value is -2.84. The summed E-state index contributed by atoms with van der Waals surface area (Å²) in [4.78, 5) is 4.45. The van der Waals surface area contributed by atoms with Gasteiger partial charge in [0.2, 0.25) is 0 Å². The van der Waals surface area contributed by atoms with E-state index in [0.717, 1.165) is 0 Å². The molecule has 1 aliphatic heterocycles. The zero-order valence-corrected chi connectivity index (χ0v) is 14.3. The Morgan fingerprint density at radius 3 is 1.12 bits per heavy atom. The maximum atomic E-state index is 3.30. The Labute approximate surface area is 145 Å². The molecule has 0 unspecified atom stereocenters. The number of rotatable bonds is 2. The van der Waals surface area contributed by atoms with Gasteiger partial charge in [0.1, 0.15) is 0 Å². The molecule has 2 nitrogen and oxygen atoms in total. The summed E-state index contributed by atoms with van der Waals surface area (Å²) in [5.74, 6) is 13.2. The molecule has 0 atom stereocenters. The van der Waals surface area contributed by atoms with Gasteiger partial charge in [-0.25, -0.2) is 0 Å². The number of anilines is 2. The van der Waals surface area contributed by atoms with Crippen molar-refractivity contribution in [3.05, 3.63) is 59.7 Å². The summed E-state index contributed by atoms with van der Waals surface area (Å²) in [7, 11) is 0. The Kier molecular flexibility index (Phi) is 5.09. The van der Waals surface area contributed by atoms with Gasteiger partial charge in [-0.15, -0.1) is 0 Å². The Morgan fingerprint density at radius 2 is 0.833 bits per heavy atom. The summed E-state index contributed by atoms with van der Waals surface area (Å²) < 4.78 is 0. The van der Waals surface area contributed by atoms with E-state index in [1.807, 2.05) is 0 Å². The van der Waals surface area contributed by atoms with Crippen molar-refractivity contribution in [2.24, 2.45) is 0 Å². The van der Waals surface area contributed by atoms with Crippen LogP contribution < -0.4 is 9.80 Å². The zero-order chi connectivity index (χ0) is 16.8. The van der Waals surface area contributed by atoms with Gasteiger partial charge in [-0.3, -0.25) is 0 Å². The fraction of sp³-hybridized carbons (Fsp3) is 0.273. The topological polar surface area (TPSA) is 6.48 Å². The molecule has 0 aromatic heterocycles. The van der Waals surface area contributed by atoms with Crippen LogP contribution in [0, 0.1) is 37.5 Å².